The van der Waals surface area contributed by atoms with Crippen LogP contribution in [0.2, 0.25) is 5.02 Å². The summed E-state index contributed by atoms with van der Waals surface area (Å²) in [5, 5.41) is 0.679. The number of halogens is 1. The number of para-hydroxylation sites is 2. The Balaban J connectivity index is 2.30. The molecule has 0 saturated carbocycles. The number of hydrogen-bond donors (Lipinski definition) is 0. The molecule has 8 heteroatoms. The van der Waals surface area contributed by atoms with Crippen molar-refractivity contribution in [2.75, 3.05) is 14.2 Å². The first kappa shape index (κ1) is 19.3. The number of methoxy groups -OCH3 is 2. The van der Waals surface area contributed by atoms with Crippen molar-refractivity contribution in [3.05, 3.63) is 57.8 Å². The topological polar surface area (TPSA) is 70.4 Å². The third-order valence-electron chi connectivity index (χ3n) is 3.94. The molecule has 1 atom stereocenters. The van der Waals surface area contributed by atoms with Crippen LogP contribution in [0.5, 0.6) is 5.75 Å². The molecule has 0 aliphatic carbocycles. The Labute approximate surface area is 165 Å². The monoisotopic (exact) mass is 404 g/mol. The highest BCUT2D eigenvalue weighted by Gasteiger charge is 2.22. The van der Waals surface area contributed by atoms with Gasteiger partial charge in [0.1, 0.15) is 11.0 Å². The zero-order valence-electron chi connectivity index (χ0n) is 14.9. The third kappa shape index (κ3) is 3.79. The van der Waals surface area contributed by atoms with E-state index in [-0.39, 0.29) is 5.56 Å². The highest BCUT2D eigenvalue weighted by Crippen LogP contribution is 2.29. The summed E-state index contributed by atoms with van der Waals surface area (Å²) in [7, 11) is 2.85. The van der Waals surface area contributed by atoms with Gasteiger partial charge in [0.15, 0.2) is 5.16 Å². The number of hydrogen-bond acceptors (Lipinski definition) is 6. The van der Waals surface area contributed by atoms with Crippen LogP contribution in [0, 0.1) is 0 Å². The van der Waals surface area contributed by atoms with Crippen LogP contribution in [0.25, 0.3) is 16.6 Å². The number of aromatic nitrogens is 2. The van der Waals surface area contributed by atoms with E-state index in [4.69, 9.17) is 21.1 Å². The second-order valence-electron chi connectivity index (χ2n) is 5.65. The number of rotatable bonds is 5. The molecular formula is C19H17ClN2O4S. The number of carbonyl (C=O) groups excluding carboxylic acids is 1. The first-order valence-corrected chi connectivity index (χ1v) is 9.32. The highest BCUT2D eigenvalue weighted by molar-refractivity contribution is 8.00. The van der Waals surface area contributed by atoms with Crippen LogP contribution in [-0.2, 0) is 9.53 Å². The molecule has 0 N–H and O–H groups in total. The van der Waals surface area contributed by atoms with Crippen molar-refractivity contribution >= 4 is 40.2 Å². The molecule has 0 bridgehead atoms. The van der Waals surface area contributed by atoms with Gasteiger partial charge in [-0.15, -0.1) is 0 Å². The molecular weight excluding hydrogens is 388 g/mol. The van der Waals surface area contributed by atoms with E-state index >= 15 is 0 Å². The van der Waals surface area contributed by atoms with Crippen LogP contribution in [0.4, 0.5) is 0 Å². The molecule has 3 rings (SSSR count). The van der Waals surface area contributed by atoms with E-state index in [2.05, 4.69) is 4.98 Å². The van der Waals surface area contributed by atoms with Gasteiger partial charge < -0.3 is 9.47 Å². The number of esters is 1. The maximum atomic E-state index is 13.2. The lowest BCUT2D eigenvalue weighted by atomic mass is 10.2. The Kier molecular flexibility index (Phi) is 5.72. The van der Waals surface area contributed by atoms with Gasteiger partial charge in [0.2, 0.25) is 0 Å². The van der Waals surface area contributed by atoms with Crippen molar-refractivity contribution in [1.82, 2.24) is 9.55 Å². The van der Waals surface area contributed by atoms with Gasteiger partial charge in [-0.25, -0.2) is 4.98 Å². The van der Waals surface area contributed by atoms with E-state index in [9.17, 15) is 9.59 Å². The molecule has 0 aliphatic rings. The van der Waals surface area contributed by atoms with Crippen LogP contribution in [0.3, 0.4) is 0 Å². The van der Waals surface area contributed by atoms with Gasteiger partial charge >= 0.3 is 5.97 Å². The summed E-state index contributed by atoms with van der Waals surface area (Å²) in [6, 6.07) is 12.0. The van der Waals surface area contributed by atoms with Gasteiger partial charge in [0.25, 0.3) is 5.56 Å². The molecule has 0 radical (unpaired) electrons. The molecule has 0 unspecified atom stereocenters. The SMILES string of the molecule is COC(=O)[C@@H](C)Sc1nc2cc(Cl)ccc2c(=O)n1-c1ccccc1OC. The van der Waals surface area contributed by atoms with Gasteiger partial charge in [0, 0.05) is 5.02 Å². The molecule has 2 aromatic carbocycles. The summed E-state index contributed by atoms with van der Waals surface area (Å²) in [5.74, 6) is 0.106. The van der Waals surface area contributed by atoms with Crippen molar-refractivity contribution < 1.29 is 14.3 Å². The van der Waals surface area contributed by atoms with Crippen LogP contribution in [0.1, 0.15) is 6.92 Å². The van der Waals surface area contributed by atoms with Gasteiger partial charge in [-0.3, -0.25) is 14.2 Å². The molecule has 6 nitrogen and oxygen atoms in total. The minimum Gasteiger partial charge on any atom is -0.495 e. The highest BCUT2D eigenvalue weighted by atomic mass is 35.5. The first-order valence-electron chi connectivity index (χ1n) is 8.06. The van der Waals surface area contributed by atoms with E-state index in [1.807, 2.05) is 6.07 Å². The lowest BCUT2D eigenvalue weighted by Gasteiger charge is -2.17. The molecule has 27 heavy (non-hydrogen) atoms. The number of benzene rings is 2. The van der Waals surface area contributed by atoms with E-state index < -0.39 is 11.2 Å². The molecule has 1 heterocycles. The maximum Gasteiger partial charge on any atom is 0.318 e. The summed E-state index contributed by atoms with van der Waals surface area (Å²) in [6.45, 7) is 1.69. The fraction of sp³-hybridized carbons (Fsp3) is 0.211. The lowest BCUT2D eigenvalue weighted by Crippen LogP contribution is -2.24. The smallest absolute Gasteiger partial charge is 0.318 e. The van der Waals surface area contributed by atoms with Gasteiger partial charge in [-0.1, -0.05) is 35.5 Å². The Hall–Kier alpha value is -2.51. The largest absolute Gasteiger partial charge is 0.495 e. The van der Waals surface area contributed by atoms with Gasteiger partial charge in [-0.2, -0.15) is 0 Å². The van der Waals surface area contributed by atoms with Crippen molar-refractivity contribution in [3.63, 3.8) is 0 Å². The summed E-state index contributed by atoms with van der Waals surface area (Å²) in [4.78, 5) is 29.7. The molecule has 0 aliphatic heterocycles. The Bertz CT molecular complexity index is 1070. The van der Waals surface area contributed by atoms with E-state index in [0.717, 1.165) is 11.8 Å². The zero-order chi connectivity index (χ0) is 19.6. The normalized spacial score (nSPS) is 12.0. The zero-order valence-corrected chi connectivity index (χ0v) is 16.5. The van der Waals surface area contributed by atoms with Crippen molar-refractivity contribution in [2.45, 2.75) is 17.3 Å². The van der Waals surface area contributed by atoms with E-state index in [1.54, 1.807) is 43.3 Å². The molecule has 1 aromatic heterocycles. The van der Waals surface area contributed by atoms with Gasteiger partial charge in [0.05, 0.1) is 30.8 Å². The van der Waals surface area contributed by atoms with E-state index in [1.165, 1.54) is 18.8 Å². The first-order chi connectivity index (χ1) is 13.0. The third-order valence-corrected chi connectivity index (χ3v) is 5.21. The van der Waals surface area contributed by atoms with Gasteiger partial charge in [-0.05, 0) is 37.3 Å². The van der Waals surface area contributed by atoms with Crippen molar-refractivity contribution in [1.29, 1.82) is 0 Å². The summed E-state index contributed by atoms with van der Waals surface area (Å²) in [6.07, 6.45) is 0. The predicted octanol–water partition coefficient (Wildman–Crippen LogP) is 3.70. The van der Waals surface area contributed by atoms with Crippen molar-refractivity contribution in [3.8, 4) is 11.4 Å². The van der Waals surface area contributed by atoms with E-state index in [0.29, 0.717) is 32.5 Å². The predicted molar refractivity (Wildman–Crippen MR) is 106 cm³/mol. The average Bonchev–Trinajstić information content (AvgIpc) is 2.67. The standard InChI is InChI=1S/C19H17ClN2O4S/c1-11(18(24)26-3)27-19-21-14-10-12(20)8-9-13(14)17(23)22(19)15-6-4-5-7-16(15)25-2/h4-11H,1-3H3/t11-/m1/s1. The maximum absolute atomic E-state index is 13.2. The second-order valence-corrected chi connectivity index (χ2v) is 7.40. The number of thioether (sulfide) groups is 1. The number of nitrogens with zero attached hydrogens (tertiary/aromatic N) is 2. The molecule has 3 aromatic rings. The molecule has 0 saturated heterocycles. The minimum absolute atomic E-state index is 0.277. The minimum atomic E-state index is -0.556. The quantitative estimate of drug-likeness (QED) is 0.367. The summed E-state index contributed by atoms with van der Waals surface area (Å²) < 4.78 is 11.6. The molecule has 140 valence electrons. The molecule has 0 spiro atoms. The van der Waals surface area contributed by atoms with Crippen LogP contribution in [-0.4, -0.2) is 35.0 Å². The number of ether oxygens (including phenoxy) is 2. The number of carbonyl (C=O) groups is 1. The second kappa shape index (κ2) is 8.02. The van der Waals surface area contributed by atoms with Crippen LogP contribution in [0.15, 0.2) is 52.4 Å². The lowest BCUT2D eigenvalue weighted by molar-refractivity contribution is -0.139. The van der Waals surface area contributed by atoms with Crippen molar-refractivity contribution in [2.24, 2.45) is 0 Å². The Morgan fingerprint density at radius 1 is 1.22 bits per heavy atom. The summed E-state index contributed by atoms with van der Waals surface area (Å²) in [5.41, 5.74) is 0.716. The fourth-order valence-corrected chi connectivity index (χ4v) is 3.73. The molecule has 0 amide bonds. The average molecular weight is 405 g/mol. The summed E-state index contributed by atoms with van der Waals surface area (Å²) >= 11 is 7.19. The fourth-order valence-electron chi connectivity index (χ4n) is 2.62. The Morgan fingerprint density at radius 3 is 2.67 bits per heavy atom. The van der Waals surface area contributed by atoms with Crippen LogP contribution >= 0.6 is 23.4 Å². The Morgan fingerprint density at radius 2 is 1.96 bits per heavy atom. The number of fused-ring (bicyclic) bond motifs is 1. The molecule has 0 fully saturated rings. The van der Waals surface area contributed by atoms with Crippen LogP contribution < -0.4 is 10.3 Å².